The molecule has 1 aromatic rings. The molecule has 0 heterocycles. The predicted octanol–water partition coefficient (Wildman–Crippen LogP) is 3.27. The molecule has 6 nitrogen and oxygen atoms in total. The number of nitrogens with one attached hydrogen (secondary N) is 1. The zero-order valence-corrected chi connectivity index (χ0v) is 17.0. The number of hydrogen-bond donors (Lipinski definition) is 1. The molecule has 0 unspecified atom stereocenters. The zero-order chi connectivity index (χ0) is 19.5. The maximum Gasteiger partial charge on any atom is 0.407 e. The lowest BCUT2D eigenvalue weighted by molar-refractivity contribution is 0.0529. The van der Waals surface area contributed by atoms with E-state index in [0.717, 1.165) is 11.8 Å². The van der Waals surface area contributed by atoms with Crippen molar-refractivity contribution in [3.05, 3.63) is 29.8 Å². The van der Waals surface area contributed by atoms with Gasteiger partial charge in [-0.2, -0.15) is 0 Å². The molecule has 0 atom stereocenters. The summed E-state index contributed by atoms with van der Waals surface area (Å²) in [4.78, 5) is 11.7. The number of carbonyl (C=O) groups excluding carboxylic acids is 1. The van der Waals surface area contributed by atoms with Crippen molar-refractivity contribution in [2.45, 2.75) is 52.6 Å². The number of anilines is 1. The molecule has 1 aromatic carbocycles. The second-order valence-electron chi connectivity index (χ2n) is 8.06. The van der Waals surface area contributed by atoms with Crippen LogP contribution in [0.5, 0.6) is 0 Å². The summed E-state index contributed by atoms with van der Waals surface area (Å²) in [6, 6.07) is 7.42. The molecule has 0 aliphatic carbocycles. The van der Waals surface area contributed by atoms with E-state index in [4.69, 9.17) is 4.74 Å². The van der Waals surface area contributed by atoms with Crippen LogP contribution in [-0.4, -0.2) is 39.5 Å². The van der Waals surface area contributed by atoms with E-state index < -0.39 is 21.7 Å². The fourth-order valence-corrected chi connectivity index (χ4v) is 3.12. The molecule has 0 spiro atoms. The van der Waals surface area contributed by atoms with Crippen LogP contribution in [0.1, 0.15) is 47.1 Å². The van der Waals surface area contributed by atoms with E-state index in [-0.39, 0.29) is 18.5 Å². The molecule has 0 aliphatic rings. The van der Waals surface area contributed by atoms with E-state index >= 15 is 0 Å². The van der Waals surface area contributed by atoms with E-state index in [1.165, 1.54) is 4.31 Å². The van der Waals surface area contributed by atoms with Crippen molar-refractivity contribution in [1.29, 1.82) is 0 Å². The highest BCUT2D eigenvalue weighted by molar-refractivity contribution is 7.92. The van der Waals surface area contributed by atoms with Crippen LogP contribution in [-0.2, 0) is 20.2 Å². The van der Waals surface area contributed by atoms with Gasteiger partial charge in [0.05, 0.1) is 18.5 Å². The Kier molecular flexibility index (Phi) is 6.50. The van der Waals surface area contributed by atoms with Gasteiger partial charge in [-0.3, -0.25) is 4.31 Å². The fraction of sp³-hybridized carbons (Fsp3) is 0.611. The number of nitrogens with zero attached hydrogens (tertiary/aromatic N) is 1. The Morgan fingerprint density at radius 2 is 1.60 bits per heavy atom. The minimum atomic E-state index is -3.46. The number of ether oxygens (including phenoxy) is 1. The van der Waals surface area contributed by atoms with Gasteiger partial charge in [-0.05, 0) is 43.9 Å². The van der Waals surface area contributed by atoms with Gasteiger partial charge >= 0.3 is 6.09 Å². The topological polar surface area (TPSA) is 75.7 Å². The van der Waals surface area contributed by atoms with Gasteiger partial charge in [0, 0.05) is 6.54 Å². The first-order valence-electron chi connectivity index (χ1n) is 8.25. The Hall–Kier alpha value is -1.76. The normalized spacial score (nSPS) is 12.6. The van der Waals surface area contributed by atoms with Gasteiger partial charge in [-0.1, -0.05) is 32.9 Å². The van der Waals surface area contributed by atoms with Crippen molar-refractivity contribution >= 4 is 21.8 Å². The molecule has 1 amide bonds. The Balaban J connectivity index is 2.81. The van der Waals surface area contributed by atoms with Crippen LogP contribution in [0.4, 0.5) is 10.5 Å². The van der Waals surface area contributed by atoms with Crippen molar-refractivity contribution in [2.75, 3.05) is 23.7 Å². The Bertz CT molecular complexity index is 683. The van der Waals surface area contributed by atoms with Gasteiger partial charge in [0.1, 0.15) is 5.60 Å². The monoisotopic (exact) mass is 370 g/mol. The number of amides is 1. The number of alkyl carbamates (subject to hydrolysis) is 1. The molecular formula is C18H30N2O4S. The lowest BCUT2D eigenvalue weighted by Gasteiger charge is -2.25. The lowest BCUT2D eigenvalue weighted by Crippen LogP contribution is -2.40. The van der Waals surface area contributed by atoms with Gasteiger partial charge in [0.2, 0.25) is 10.0 Å². The van der Waals surface area contributed by atoms with Crippen LogP contribution >= 0.6 is 0 Å². The summed E-state index contributed by atoms with van der Waals surface area (Å²) >= 11 is 0. The first-order valence-corrected chi connectivity index (χ1v) is 10.1. The van der Waals surface area contributed by atoms with Crippen LogP contribution in [0, 0.1) is 0 Å². The van der Waals surface area contributed by atoms with E-state index in [1.807, 2.05) is 12.1 Å². The Morgan fingerprint density at radius 3 is 2.00 bits per heavy atom. The number of rotatable bonds is 5. The van der Waals surface area contributed by atoms with Gasteiger partial charge in [-0.25, -0.2) is 13.2 Å². The lowest BCUT2D eigenvalue weighted by atomic mass is 9.87. The van der Waals surface area contributed by atoms with Gasteiger partial charge < -0.3 is 10.1 Å². The van der Waals surface area contributed by atoms with Crippen LogP contribution < -0.4 is 9.62 Å². The van der Waals surface area contributed by atoms with Gasteiger partial charge in [0.15, 0.2) is 0 Å². The van der Waals surface area contributed by atoms with Crippen molar-refractivity contribution in [3.63, 3.8) is 0 Å². The summed E-state index contributed by atoms with van der Waals surface area (Å²) in [6.07, 6.45) is 0.585. The SMILES string of the molecule is CC(C)(C)OC(=O)NCCN(c1ccc(C(C)(C)C)cc1)S(C)(=O)=O. The quantitative estimate of drug-likeness (QED) is 0.863. The van der Waals surface area contributed by atoms with Gasteiger partial charge in [0.25, 0.3) is 0 Å². The van der Waals surface area contributed by atoms with E-state index in [9.17, 15) is 13.2 Å². The average molecular weight is 371 g/mol. The maximum atomic E-state index is 12.1. The van der Waals surface area contributed by atoms with E-state index in [1.54, 1.807) is 32.9 Å². The number of sulfonamides is 1. The molecule has 0 radical (unpaired) electrons. The third-order valence-electron chi connectivity index (χ3n) is 3.40. The van der Waals surface area contributed by atoms with Crippen molar-refractivity contribution < 1.29 is 17.9 Å². The Labute approximate surface area is 151 Å². The summed E-state index contributed by atoms with van der Waals surface area (Å²) < 4.78 is 30.6. The van der Waals surface area contributed by atoms with Crippen LogP contribution in [0.2, 0.25) is 0 Å². The second kappa shape index (κ2) is 7.64. The highest BCUT2D eigenvalue weighted by Crippen LogP contribution is 2.25. The Morgan fingerprint density at radius 1 is 1.08 bits per heavy atom. The molecule has 0 bridgehead atoms. The van der Waals surface area contributed by atoms with Crippen LogP contribution in [0.25, 0.3) is 0 Å². The molecule has 0 aliphatic heterocycles. The summed E-state index contributed by atoms with van der Waals surface area (Å²) in [5, 5.41) is 2.58. The smallest absolute Gasteiger partial charge is 0.407 e. The molecule has 0 saturated carbocycles. The van der Waals surface area contributed by atoms with Crippen molar-refractivity contribution in [3.8, 4) is 0 Å². The first kappa shape index (κ1) is 21.3. The summed E-state index contributed by atoms with van der Waals surface area (Å²) in [5.74, 6) is 0. The molecule has 7 heteroatoms. The summed E-state index contributed by atoms with van der Waals surface area (Å²) in [7, 11) is -3.46. The van der Waals surface area contributed by atoms with Crippen LogP contribution in [0.3, 0.4) is 0 Å². The number of carbonyl (C=O) groups is 1. The number of hydrogen-bond acceptors (Lipinski definition) is 4. The second-order valence-corrected chi connectivity index (χ2v) is 9.97. The van der Waals surface area contributed by atoms with Gasteiger partial charge in [-0.15, -0.1) is 0 Å². The largest absolute Gasteiger partial charge is 0.444 e. The minimum Gasteiger partial charge on any atom is -0.444 e. The predicted molar refractivity (Wildman–Crippen MR) is 102 cm³/mol. The third kappa shape index (κ3) is 7.34. The fourth-order valence-electron chi connectivity index (χ4n) is 2.19. The highest BCUT2D eigenvalue weighted by Gasteiger charge is 2.20. The molecule has 142 valence electrons. The molecule has 1 rings (SSSR count). The molecular weight excluding hydrogens is 340 g/mol. The first-order chi connectivity index (χ1) is 11.2. The number of benzene rings is 1. The van der Waals surface area contributed by atoms with Crippen molar-refractivity contribution in [2.24, 2.45) is 0 Å². The molecule has 25 heavy (non-hydrogen) atoms. The minimum absolute atomic E-state index is 0.00722. The summed E-state index contributed by atoms with van der Waals surface area (Å²) in [6.45, 7) is 11.9. The van der Waals surface area contributed by atoms with E-state index in [2.05, 4.69) is 26.1 Å². The summed E-state index contributed by atoms with van der Waals surface area (Å²) in [5.41, 5.74) is 1.09. The molecule has 0 aromatic heterocycles. The standard InChI is InChI=1S/C18H30N2O4S/c1-17(2,3)14-8-10-15(11-9-14)20(25(7,22)23)13-12-19-16(21)24-18(4,5)6/h8-11H,12-13H2,1-7H3,(H,19,21). The zero-order valence-electron chi connectivity index (χ0n) is 16.2. The van der Waals surface area contributed by atoms with E-state index in [0.29, 0.717) is 5.69 Å². The van der Waals surface area contributed by atoms with Crippen LogP contribution in [0.15, 0.2) is 24.3 Å². The maximum absolute atomic E-state index is 12.1. The average Bonchev–Trinajstić information content (AvgIpc) is 2.39. The molecule has 1 N–H and O–H groups in total. The highest BCUT2D eigenvalue weighted by atomic mass is 32.2. The molecule has 0 saturated heterocycles. The van der Waals surface area contributed by atoms with Crippen molar-refractivity contribution in [1.82, 2.24) is 5.32 Å². The molecule has 0 fully saturated rings. The third-order valence-corrected chi connectivity index (χ3v) is 4.60.